The summed E-state index contributed by atoms with van der Waals surface area (Å²) in [4.78, 5) is 0. The van der Waals surface area contributed by atoms with Gasteiger partial charge in [-0.3, -0.25) is 0 Å². The summed E-state index contributed by atoms with van der Waals surface area (Å²) in [5.74, 6) is 0.0616. The second-order valence-electron chi connectivity index (χ2n) is 3.81. The van der Waals surface area contributed by atoms with E-state index in [1.54, 1.807) is 18.2 Å². The minimum atomic E-state index is 0.00172. The molecular formula is C12H10Cl3NOS. The second-order valence-corrected chi connectivity index (χ2v) is 6.50. The number of hydrogen-bond acceptors (Lipinski definition) is 3. The van der Waals surface area contributed by atoms with Gasteiger partial charge in [0.1, 0.15) is 5.75 Å². The van der Waals surface area contributed by atoms with Gasteiger partial charge < -0.3 is 10.4 Å². The number of thiophene rings is 1. The Kier molecular flexibility index (Phi) is 4.28. The number of aromatic hydroxyl groups is 1. The molecule has 2 nitrogen and oxygen atoms in total. The quantitative estimate of drug-likeness (QED) is 0.722. The van der Waals surface area contributed by atoms with Crippen molar-refractivity contribution < 1.29 is 5.11 Å². The normalized spacial score (nSPS) is 12.4. The van der Waals surface area contributed by atoms with Gasteiger partial charge in [0.25, 0.3) is 0 Å². The molecule has 18 heavy (non-hydrogen) atoms. The Morgan fingerprint density at radius 1 is 1.22 bits per heavy atom. The summed E-state index contributed by atoms with van der Waals surface area (Å²) in [6.45, 7) is 1.98. The van der Waals surface area contributed by atoms with Crippen LogP contribution in [0.4, 0.5) is 5.69 Å². The molecule has 0 radical (unpaired) electrons. The van der Waals surface area contributed by atoms with E-state index in [-0.39, 0.29) is 11.8 Å². The number of benzene rings is 1. The molecule has 0 aliphatic rings. The van der Waals surface area contributed by atoms with E-state index >= 15 is 0 Å². The Bertz CT molecular complexity index is 570. The van der Waals surface area contributed by atoms with Crippen molar-refractivity contribution in [3.8, 4) is 5.75 Å². The third-order valence-electron chi connectivity index (χ3n) is 2.48. The largest absolute Gasteiger partial charge is 0.506 e. The summed E-state index contributed by atoms with van der Waals surface area (Å²) in [5.41, 5.74) is 1.75. The first-order valence-electron chi connectivity index (χ1n) is 5.17. The number of hydrogen-bond donors (Lipinski definition) is 2. The van der Waals surface area contributed by atoms with E-state index in [9.17, 15) is 5.11 Å². The summed E-state index contributed by atoms with van der Waals surface area (Å²) in [7, 11) is 0. The summed E-state index contributed by atoms with van der Waals surface area (Å²) < 4.78 is 1.33. The predicted octanol–water partition coefficient (Wildman–Crippen LogP) is 5.59. The molecular weight excluding hydrogens is 313 g/mol. The van der Waals surface area contributed by atoms with Gasteiger partial charge in [-0.1, -0.05) is 34.8 Å². The second kappa shape index (κ2) is 5.57. The standard InChI is InChI=1S/C12H10Cl3NOS/c1-6(8-5-11(14)18-12(8)15)16-7-2-3-10(17)9(13)4-7/h2-6,16-17H,1H3. The van der Waals surface area contributed by atoms with Gasteiger partial charge in [-0.15, -0.1) is 11.3 Å². The Balaban J connectivity index is 2.18. The molecule has 0 spiro atoms. The average Bonchev–Trinajstić information content (AvgIpc) is 2.63. The lowest BCUT2D eigenvalue weighted by molar-refractivity contribution is 0.475. The number of phenolic OH excluding ortho intramolecular Hbond substituents is 1. The van der Waals surface area contributed by atoms with Crippen LogP contribution in [0.3, 0.4) is 0 Å². The van der Waals surface area contributed by atoms with Crippen LogP contribution in [0.15, 0.2) is 24.3 Å². The highest BCUT2D eigenvalue weighted by molar-refractivity contribution is 7.20. The Morgan fingerprint density at radius 2 is 1.94 bits per heavy atom. The van der Waals surface area contributed by atoms with Crippen LogP contribution < -0.4 is 5.32 Å². The van der Waals surface area contributed by atoms with Crippen molar-refractivity contribution >= 4 is 51.8 Å². The number of anilines is 1. The maximum absolute atomic E-state index is 9.35. The highest BCUT2D eigenvalue weighted by Crippen LogP contribution is 2.36. The van der Waals surface area contributed by atoms with Crippen LogP contribution in [0.5, 0.6) is 5.75 Å². The third kappa shape index (κ3) is 3.04. The molecule has 0 fully saturated rings. The maximum atomic E-state index is 9.35. The van der Waals surface area contributed by atoms with Gasteiger partial charge in [0.2, 0.25) is 0 Å². The number of rotatable bonds is 3. The van der Waals surface area contributed by atoms with Crippen molar-refractivity contribution in [3.63, 3.8) is 0 Å². The zero-order valence-electron chi connectivity index (χ0n) is 9.38. The first-order chi connectivity index (χ1) is 8.47. The SMILES string of the molecule is CC(Nc1ccc(O)c(Cl)c1)c1cc(Cl)sc1Cl. The van der Waals surface area contributed by atoms with Crippen LogP contribution in [0, 0.1) is 0 Å². The number of phenols is 1. The van der Waals surface area contributed by atoms with Crippen LogP contribution in [0.1, 0.15) is 18.5 Å². The zero-order chi connectivity index (χ0) is 13.3. The van der Waals surface area contributed by atoms with E-state index < -0.39 is 0 Å². The van der Waals surface area contributed by atoms with Crippen molar-refractivity contribution in [1.29, 1.82) is 0 Å². The average molecular weight is 323 g/mol. The Hall–Kier alpha value is -0.610. The van der Waals surface area contributed by atoms with Gasteiger partial charge in [0.15, 0.2) is 0 Å². The molecule has 0 aliphatic heterocycles. The predicted molar refractivity (Wildman–Crippen MR) is 79.5 cm³/mol. The zero-order valence-corrected chi connectivity index (χ0v) is 12.5. The van der Waals surface area contributed by atoms with Crippen molar-refractivity contribution in [2.75, 3.05) is 5.32 Å². The van der Waals surface area contributed by atoms with E-state index in [1.165, 1.54) is 11.3 Å². The molecule has 1 aromatic carbocycles. The molecule has 0 aliphatic carbocycles. The molecule has 1 atom stereocenters. The number of nitrogens with one attached hydrogen (secondary N) is 1. The lowest BCUT2D eigenvalue weighted by atomic mass is 10.1. The molecule has 0 saturated heterocycles. The van der Waals surface area contributed by atoms with Crippen molar-refractivity contribution in [2.45, 2.75) is 13.0 Å². The van der Waals surface area contributed by atoms with Gasteiger partial charge in [-0.25, -0.2) is 0 Å². The summed E-state index contributed by atoms with van der Waals surface area (Å²) in [6, 6.07) is 6.80. The van der Waals surface area contributed by atoms with Crippen molar-refractivity contribution in [3.05, 3.63) is 43.5 Å². The van der Waals surface area contributed by atoms with Gasteiger partial charge in [0, 0.05) is 11.3 Å². The van der Waals surface area contributed by atoms with Gasteiger partial charge in [-0.2, -0.15) is 0 Å². The van der Waals surface area contributed by atoms with Gasteiger partial charge in [-0.05, 0) is 31.2 Å². The molecule has 96 valence electrons. The van der Waals surface area contributed by atoms with E-state index in [1.807, 2.05) is 13.0 Å². The van der Waals surface area contributed by atoms with Crippen molar-refractivity contribution in [2.24, 2.45) is 0 Å². The van der Waals surface area contributed by atoms with Gasteiger partial charge >= 0.3 is 0 Å². The molecule has 0 bridgehead atoms. The fourth-order valence-electron chi connectivity index (χ4n) is 1.57. The molecule has 2 N–H and O–H groups in total. The topological polar surface area (TPSA) is 32.3 Å². The number of halogens is 3. The minimum absolute atomic E-state index is 0.00172. The molecule has 0 saturated carbocycles. The van der Waals surface area contributed by atoms with E-state index in [0.29, 0.717) is 13.7 Å². The van der Waals surface area contributed by atoms with Crippen LogP contribution in [-0.4, -0.2) is 5.11 Å². The van der Waals surface area contributed by atoms with E-state index in [2.05, 4.69) is 5.32 Å². The fraction of sp³-hybridized carbons (Fsp3) is 0.167. The molecule has 2 aromatic rings. The highest BCUT2D eigenvalue weighted by atomic mass is 35.5. The first-order valence-corrected chi connectivity index (χ1v) is 7.12. The molecule has 1 aromatic heterocycles. The van der Waals surface area contributed by atoms with E-state index in [0.717, 1.165) is 11.3 Å². The Labute approximate surface area is 124 Å². The molecule has 0 amide bonds. The summed E-state index contributed by atoms with van der Waals surface area (Å²) in [6.07, 6.45) is 0. The molecule has 2 rings (SSSR count). The smallest absolute Gasteiger partial charge is 0.134 e. The van der Waals surface area contributed by atoms with Crippen LogP contribution >= 0.6 is 46.1 Å². The first kappa shape index (κ1) is 13.8. The van der Waals surface area contributed by atoms with Gasteiger partial charge in [0.05, 0.1) is 19.7 Å². The molecule has 1 heterocycles. The van der Waals surface area contributed by atoms with Crippen molar-refractivity contribution in [1.82, 2.24) is 0 Å². The molecule has 6 heteroatoms. The third-order valence-corrected chi connectivity index (χ3v) is 4.30. The van der Waals surface area contributed by atoms with Crippen LogP contribution in [0.2, 0.25) is 13.7 Å². The fourth-order valence-corrected chi connectivity index (χ4v) is 3.40. The lowest BCUT2D eigenvalue weighted by Crippen LogP contribution is -2.05. The van der Waals surface area contributed by atoms with E-state index in [4.69, 9.17) is 34.8 Å². The maximum Gasteiger partial charge on any atom is 0.134 e. The van der Waals surface area contributed by atoms with Crippen LogP contribution in [0.25, 0.3) is 0 Å². The lowest BCUT2D eigenvalue weighted by Gasteiger charge is -2.15. The minimum Gasteiger partial charge on any atom is -0.506 e. The molecule has 1 unspecified atom stereocenters. The highest BCUT2D eigenvalue weighted by Gasteiger charge is 2.13. The Morgan fingerprint density at radius 3 is 2.50 bits per heavy atom. The summed E-state index contributed by atoms with van der Waals surface area (Å²) >= 11 is 19.2. The summed E-state index contributed by atoms with van der Waals surface area (Å²) in [5, 5.41) is 12.9. The monoisotopic (exact) mass is 321 g/mol. The van der Waals surface area contributed by atoms with Crippen LogP contribution in [-0.2, 0) is 0 Å².